The monoisotopic (exact) mass is 389 g/mol. The van der Waals surface area contributed by atoms with Crippen LogP contribution in [0.1, 0.15) is 44.6 Å². The number of aromatic nitrogens is 3. The maximum Gasteiger partial charge on any atom is 0.324 e. The average Bonchev–Trinajstić information content (AvgIpc) is 3.41. The molecule has 0 radical (unpaired) electrons. The molecule has 0 spiro atoms. The van der Waals surface area contributed by atoms with Gasteiger partial charge in [-0.15, -0.1) is 10.2 Å². The molecule has 2 aliphatic rings. The van der Waals surface area contributed by atoms with Gasteiger partial charge in [-0.05, 0) is 31.4 Å². The Bertz CT molecular complexity index is 782. The third kappa shape index (κ3) is 3.87. The number of carbonyl (C=O) groups excluding carboxylic acids is 2. The lowest BCUT2D eigenvalue weighted by Crippen LogP contribution is -2.32. The molecule has 3 heterocycles. The van der Waals surface area contributed by atoms with E-state index in [0.717, 1.165) is 41.8 Å². The van der Waals surface area contributed by atoms with Gasteiger partial charge in [0, 0.05) is 18.3 Å². The molecule has 144 valence electrons. The summed E-state index contributed by atoms with van der Waals surface area (Å²) >= 11 is 1.62. The lowest BCUT2D eigenvalue weighted by atomic mass is 9.95. The minimum Gasteiger partial charge on any atom is -0.461 e. The zero-order valence-electron chi connectivity index (χ0n) is 15.1. The van der Waals surface area contributed by atoms with Gasteiger partial charge in [0.25, 0.3) is 0 Å². The van der Waals surface area contributed by atoms with Gasteiger partial charge in [0.2, 0.25) is 11.7 Å². The predicted molar refractivity (Wildman–Crippen MR) is 100 cm³/mol. The number of amides is 3. The molecule has 0 aromatic carbocycles. The molecule has 3 amide bonds. The van der Waals surface area contributed by atoms with Gasteiger partial charge in [-0.3, -0.25) is 14.3 Å². The second-order valence-electron chi connectivity index (χ2n) is 6.85. The minimum atomic E-state index is -0.296. The molecule has 0 unspecified atom stereocenters. The smallest absolute Gasteiger partial charge is 0.324 e. The van der Waals surface area contributed by atoms with Gasteiger partial charge >= 0.3 is 6.03 Å². The van der Waals surface area contributed by atoms with Crippen molar-refractivity contribution in [3.8, 4) is 11.6 Å². The number of imide groups is 1. The summed E-state index contributed by atoms with van der Waals surface area (Å²) < 4.78 is 7.78. The highest BCUT2D eigenvalue weighted by Gasteiger charge is 2.28. The summed E-state index contributed by atoms with van der Waals surface area (Å²) in [6.07, 6.45) is 8.34. The molecule has 0 bridgehead atoms. The van der Waals surface area contributed by atoms with Crippen molar-refractivity contribution in [1.82, 2.24) is 25.0 Å². The summed E-state index contributed by atoms with van der Waals surface area (Å²) in [5.74, 6) is 2.12. The number of hydrogen-bond acceptors (Lipinski definition) is 6. The molecule has 2 aromatic heterocycles. The molecule has 2 fully saturated rings. The van der Waals surface area contributed by atoms with Crippen molar-refractivity contribution < 1.29 is 14.0 Å². The van der Waals surface area contributed by atoms with Gasteiger partial charge in [-0.1, -0.05) is 31.0 Å². The van der Waals surface area contributed by atoms with Gasteiger partial charge in [0.15, 0.2) is 10.9 Å². The highest BCUT2D eigenvalue weighted by Crippen LogP contribution is 2.35. The van der Waals surface area contributed by atoms with Crippen LogP contribution in [0.4, 0.5) is 4.79 Å². The van der Waals surface area contributed by atoms with Gasteiger partial charge in [-0.2, -0.15) is 0 Å². The molecule has 1 N–H and O–H groups in total. The molecule has 1 aliphatic carbocycles. The Labute approximate surface area is 161 Å². The molecular weight excluding hydrogens is 366 g/mol. The summed E-state index contributed by atoms with van der Waals surface area (Å²) in [4.78, 5) is 24.5. The van der Waals surface area contributed by atoms with Crippen molar-refractivity contribution in [2.45, 2.75) is 49.7 Å². The van der Waals surface area contributed by atoms with Crippen molar-refractivity contribution in [3.05, 3.63) is 18.4 Å². The number of rotatable bonds is 7. The fraction of sp³-hybridized carbons (Fsp3) is 0.556. The average molecular weight is 389 g/mol. The Balaban J connectivity index is 1.44. The van der Waals surface area contributed by atoms with E-state index in [2.05, 4.69) is 20.1 Å². The summed E-state index contributed by atoms with van der Waals surface area (Å²) in [6, 6.07) is 3.87. The summed E-state index contributed by atoms with van der Waals surface area (Å²) in [7, 11) is 0. The van der Waals surface area contributed by atoms with E-state index in [1.165, 1.54) is 24.2 Å². The van der Waals surface area contributed by atoms with Crippen LogP contribution in [-0.4, -0.2) is 50.4 Å². The Morgan fingerprint density at radius 3 is 2.78 bits per heavy atom. The van der Waals surface area contributed by atoms with E-state index >= 15 is 0 Å². The first kappa shape index (κ1) is 18.1. The van der Waals surface area contributed by atoms with Crippen molar-refractivity contribution in [2.75, 3.05) is 18.8 Å². The van der Waals surface area contributed by atoms with Crippen LogP contribution in [0, 0.1) is 0 Å². The highest BCUT2D eigenvalue weighted by molar-refractivity contribution is 7.99. The zero-order valence-corrected chi connectivity index (χ0v) is 15.9. The van der Waals surface area contributed by atoms with Crippen molar-refractivity contribution in [3.63, 3.8) is 0 Å². The molecule has 27 heavy (non-hydrogen) atoms. The van der Waals surface area contributed by atoms with Crippen molar-refractivity contribution in [1.29, 1.82) is 0 Å². The number of urea groups is 1. The Morgan fingerprint density at radius 2 is 2.07 bits per heavy atom. The molecule has 1 saturated heterocycles. The van der Waals surface area contributed by atoms with E-state index in [0.29, 0.717) is 12.6 Å². The quantitative estimate of drug-likeness (QED) is 0.444. The lowest BCUT2D eigenvalue weighted by Gasteiger charge is -2.25. The fourth-order valence-corrected chi connectivity index (χ4v) is 4.61. The Morgan fingerprint density at radius 1 is 1.22 bits per heavy atom. The SMILES string of the molecule is O=C1CNC(=O)N1CCCSc1nnc(-c2ccco2)n1C1CCCCC1. The lowest BCUT2D eigenvalue weighted by molar-refractivity contribution is -0.124. The number of furan rings is 1. The number of nitrogens with zero attached hydrogens (tertiary/aromatic N) is 4. The topological polar surface area (TPSA) is 93.3 Å². The molecule has 1 saturated carbocycles. The second-order valence-corrected chi connectivity index (χ2v) is 7.91. The van der Waals surface area contributed by atoms with Crippen LogP contribution in [0.15, 0.2) is 28.0 Å². The van der Waals surface area contributed by atoms with E-state index in [9.17, 15) is 9.59 Å². The molecule has 1 aliphatic heterocycles. The maximum absolute atomic E-state index is 11.6. The summed E-state index contributed by atoms with van der Waals surface area (Å²) in [6.45, 7) is 0.536. The van der Waals surface area contributed by atoms with E-state index in [-0.39, 0.29) is 18.5 Å². The summed E-state index contributed by atoms with van der Waals surface area (Å²) in [5.41, 5.74) is 0. The van der Waals surface area contributed by atoms with Gasteiger partial charge in [0.1, 0.15) is 0 Å². The molecule has 8 nitrogen and oxygen atoms in total. The largest absolute Gasteiger partial charge is 0.461 e. The van der Waals surface area contributed by atoms with Crippen LogP contribution in [0.2, 0.25) is 0 Å². The van der Waals surface area contributed by atoms with Crippen LogP contribution in [-0.2, 0) is 4.79 Å². The van der Waals surface area contributed by atoms with Gasteiger partial charge in [-0.25, -0.2) is 4.79 Å². The van der Waals surface area contributed by atoms with Crippen LogP contribution < -0.4 is 5.32 Å². The number of thioether (sulfide) groups is 1. The molecular formula is C18H23N5O3S. The maximum atomic E-state index is 11.6. The van der Waals surface area contributed by atoms with Crippen LogP contribution in [0.25, 0.3) is 11.6 Å². The van der Waals surface area contributed by atoms with Crippen LogP contribution >= 0.6 is 11.8 Å². The van der Waals surface area contributed by atoms with E-state index in [4.69, 9.17) is 4.42 Å². The Hall–Kier alpha value is -2.29. The third-order valence-corrected chi connectivity index (χ3v) is 6.07. The molecule has 2 aromatic rings. The standard InChI is InChI=1S/C18H23N5O3S/c24-15-12-19-17(25)22(15)9-5-11-27-18-21-20-16(14-8-4-10-26-14)23(18)13-6-2-1-3-7-13/h4,8,10,13H,1-3,5-7,9,11-12H2,(H,19,25). The van der Waals surface area contributed by atoms with Crippen LogP contribution in [0.5, 0.6) is 0 Å². The van der Waals surface area contributed by atoms with E-state index in [1.54, 1.807) is 18.0 Å². The molecule has 0 atom stereocenters. The number of carbonyl (C=O) groups is 2. The number of nitrogens with one attached hydrogen (secondary N) is 1. The first-order chi connectivity index (χ1) is 13.2. The predicted octanol–water partition coefficient (Wildman–Crippen LogP) is 3.08. The first-order valence-electron chi connectivity index (χ1n) is 9.44. The summed E-state index contributed by atoms with van der Waals surface area (Å²) in [5, 5.41) is 12.2. The zero-order chi connectivity index (χ0) is 18.6. The van der Waals surface area contributed by atoms with Crippen molar-refractivity contribution >= 4 is 23.7 Å². The number of hydrogen-bond donors (Lipinski definition) is 1. The minimum absolute atomic E-state index is 0.106. The van der Waals surface area contributed by atoms with Crippen molar-refractivity contribution in [2.24, 2.45) is 0 Å². The second kappa shape index (κ2) is 8.16. The van der Waals surface area contributed by atoms with E-state index in [1.807, 2.05) is 12.1 Å². The Kier molecular flexibility index (Phi) is 5.47. The van der Waals surface area contributed by atoms with E-state index < -0.39 is 0 Å². The normalized spacial score (nSPS) is 18.3. The first-order valence-corrected chi connectivity index (χ1v) is 10.4. The van der Waals surface area contributed by atoms with Gasteiger partial charge < -0.3 is 9.73 Å². The van der Waals surface area contributed by atoms with Crippen LogP contribution in [0.3, 0.4) is 0 Å². The fourth-order valence-electron chi connectivity index (χ4n) is 3.69. The molecule has 9 heteroatoms. The van der Waals surface area contributed by atoms with Gasteiger partial charge in [0.05, 0.1) is 12.8 Å². The molecule has 4 rings (SSSR count). The third-order valence-electron chi connectivity index (χ3n) is 5.04. The highest BCUT2D eigenvalue weighted by atomic mass is 32.2.